The van der Waals surface area contributed by atoms with Gasteiger partial charge in [-0.25, -0.2) is 0 Å². The van der Waals surface area contributed by atoms with Crippen LogP contribution in [0, 0.1) is 0 Å². The molecule has 2 nitrogen and oxygen atoms in total. The van der Waals surface area contributed by atoms with Crippen LogP contribution >= 0.6 is 0 Å². The number of halogens is 3. The monoisotopic (exact) mass is 259 g/mol. The number of benzene rings is 1. The molecular weight excluding hydrogens is 243 g/mol. The number of aryl methyl sites for hydroxylation is 1. The molecule has 1 aromatic rings. The van der Waals surface area contributed by atoms with E-state index >= 15 is 0 Å². The van der Waals surface area contributed by atoms with Gasteiger partial charge in [-0.05, 0) is 24.5 Å². The molecule has 0 saturated heterocycles. The summed E-state index contributed by atoms with van der Waals surface area (Å²) in [5, 5.41) is 0. The fourth-order valence-corrected chi connectivity index (χ4v) is 1.90. The van der Waals surface area contributed by atoms with E-state index in [4.69, 9.17) is 0 Å². The van der Waals surface area contributed by atoms with Crippen LogP contribution in [-0.4, -0.2) is 18.6 Å². The lowest BCUT2D eigenvalue weighted by Gasteiger charge is -2.29. The highest BCUT2D eigenvalue weighted by atomic mass is 19.4. The molecule has 18 heavy (non-hydrogen) atoms. The second kappa shape index (κ2) is 5.89. The predicted molar refractivity (Wildman–Crippen MR) is 64.5 cm³/mol. The summed E-state index contributed by atoms with van der Waals surface area (Å²) < 4.78 is 37.0. The maximum absolute atomic E-state index is 12.3. The lowest BCUT2D eigenvalue weighted by molar-refractivity contribution is -0.170. The number of fused-ring (bicyclic) bond motifs is 1. The summed E-state index contributed by atoms with van der Waals surface area (Å²) in [4.78, 5) is 12.0. The molecule has 2 rings (SSSR count). The molecule has 0 radical (unpaired) electrons. The molecule has 1 heterocycles. The normalized spacial score (nSPS) is 14.4. The Labute approximate surface area is 104 Å². The molecule has 0 fully saturated rings. The van der Waals surface area contributed by atoms with Crippen LogP contribution in [0.1, 0.15) is 25.8 Å². The minimum Gasteiger partial charge on any atom is -0.304 e. The van der Waals surface area contributed by atoms with Crippen molar-refractivity contribution in [3.63, 3.8) is 0 Å². The van der Waals surface area contributed by atoms with Crippen molar-refractivity contribution in [3.8, 4) is 0 Å². The molecule has 1 aromatic carbocycles. The number of rotatable bonds is 0. The highest BCUT2D eigenvalue weighted by molar-refractivity contribution is 5.98. The molecule has 0 bridgehead atoms. The van der Waals surface area contributed by atoms with Gasteiger partial charge in [0.05, 0.1) is 0 Å². The van der Waals surface area contributed by atoms with Gasteiger partial charge in [-0.1, -0.05) is 32.0 Å². The summed E-state index contributed by atoms with van der Waals surface area (Å²) in [6.07, 6.45) is -3.51. The van der Waals surface area contributed by atoms with Gasteiger partial charge in [0.15, 0.2) is 0 Å². The van der Waals surface area contributed by atoms with Crippen molar-refractivity contribution in [1.82, 2.24) is 0 Å². The molecule has 0 unspecified atom stereocenters. The Bertz CT molecular complexity index is 415. The summed E-state index contributed by atoms with van der Waals surface area (Å²) in [6.45, 7) is 4.13. The quantitative estimate of drug-likeness (QED) is 0.697. The molecule has 0 aromatic heterocycles. The standard InChI is InChI=1S/C11H10F3NO.C2H6/c12-11(13,14)10(16)15-7-3-5-8-4-1-2-6-9(8)15;1-2/h1-2,4,6H,3,5,7H2;1-2H3. The molecule has 100 valence electrons. The van der Waals surface area contributed by atoms with Crippen LogP contribution < -0.4 is 4.90 Å². The van der Waals surface area contributed by atoms with Gasteiger partial charge in [-0.3, -0.25) is 4.79 Å². The summed E-state index contributed by atoms with van der Waals surface area (Å²) in [5.74, 6) is -1.78. The predicted octanol–water partition coefficient (Wildman–Crippen LogP) is 3.55. The van der Waals surface area contributed by atoms with Crippen molar-refractivity contribution in [2.45, 2.75) is 32.9 Å². The van der Waals surface area contributed by atoms with Crippen molar-refractivity contribution in [1.29, 1.82) is 0 Å². The molecule has 0 saturated carbocycles. The van der Waals surface area contributed by atoms with Crippen molar-refractivity contribution in [2.75, 3.05) is 11.4 Å². The van der Waals surface area contributed by atoms with Crippen LogP contribution in [0.4, 0.5) is 18.9 Å². The average Bonchev–Trinajstić information content (AvgIpc) is 2.38. The fraction of sp³-hybridized carbons (Fsp3) is 0.462. The zero-order valence-electron chi connectivity index (χ0n) is 10.4. The van der Waals surface area contributed by atoms with Crippen molar-refractivity contribution in [2.24, 2.45) is 0 Å². The third-order valence-electron chi connectivity index (χ3n) is 2.60. The van der Waals surface area contributed by atoms with Gasteiger partial charge < -0.3 is 4.90 Å². The van der Waals surface area contributed by atoms with Crippen LogP contribution in [0.15, 0.2) is 24.3 Å². The maximum atomic E-state index is 12.3. The first kappa shape index (κ1) is 14.5. The molecule has 0 atom stereocenters. The van der Waals surface area contributed by atoms with Crippen molar-refractivity contribution in [3.05, 3.63) is 29.8 Å². The van der Waals surface area contributed by atoms with Gasteiger partial charge in [0.2, 0.25) is 0 Å². The van der Waals surface area contributed by atoms with Crippen molar-refractivity contribution < 1.29 is 18.0 Å². The van der Waals surface area contributed by atoms with E-state index in [0.717, 1.165) is 16.9 Å². The van der Waals surface area contributed by atoms with Crippen LogP contribution in [0.2, 0.25) is 0 Å². The topological polar surface area (TPSA) is 20.3 Å². The van der Waals surface area contributed by atoms with E-state index in [9.17, 15) is 18.0 Å². The highest BCUT2D eigenvalue weighted by Crippen LogP contribution is 2.30. The SMILES string of the molecule is CC.O=C(N1CCCc2ccccc21)C(F)(F)F. The zero-order valence-corrected chi connectivity index (χ0v) is 10.4. The average molecular weight is 259 g/mol. The van der Waals surface area contributed by atoms with Gasteiger partial charge in [0, 0.05) is 12.2 Å². The Balaban J connectivity index is 0.000000771. The minimum absolute atomic E-state index is 0.134. The van der Waals surface area contributed by atoms with E-state index in [2.05, 4.69) is 0 Å². The fourth-order valence-electron chi connectivity index (χ4n) is 1.90. The van der Waals surface area contributed by atoms with E-state index in [1.54, 1.807) is 24.3 Å². The third-order valence-corrected chi connectivity index (χ3v) is 2.60. The number of hydrogen-bond donors (Lipinski definition) is 0. The molecule has 0 spiro atoms. The summed E-state index contributed by atoms with van der Waals surface area (Å²) in [6, 6.07) is 6.71. The van der Waals surface area contributed by atoms with E-state index in [1.165, 1.54) is 0 Å². The van der Waals surface area contributed by atoms with Gasteiger partial charge in [-0.2, -0.15) is 13.2 Å². The minimum atomic E-state index is -4.80. The number of hydrogen-bond acceptors (Lipinski definition) is 1. The second-order valence-electron chi connectivity index (χ2n) is 3.69. The summed E-state index contributed by atoms with van der Waals surface area (Å²) in [5.41, 5.74) is 1.18. The molecule has 5 heteroatoms. The lowest BCUT2D eigenvalue weighted by atomic mass is 10.0. The molecule has 0 aliphatic carbocycles. The number of alkyl halides is 3. The van der Waals surface area contributed by atoms with Crippen LogP contribution in [0.5, 0.6) is 0 Å². The van der Waals surface area contributed by atoms with E-state index in [0.29, 0.717) is 12.1 Å². The zero-order chi connectivity index (χ0) is 13.8. The van der Waals surface area contributed by atoms with E-state index in [1.807, 2.05) is 13.8 Å². The first-order chi connectivity index (χ1) is 8.50. The molecular formula is C13H16F3NO. The van der Waals surface area contributed by atoms with Crippen LogP contribution in [0.3, 0.4) is 0 Å². The highest BCUT2D eigenvalue weighted by Gasteiger charge is 2.43. The number of carbonyl (C=O) groups is 1. The Kier molecular flexibility index (Phi) is 4.76. The first-order valence-corrected chi connectivity index (χ1v) is 5.97. The van der Waals surface area contributed by atoms with Gasteiger partial charge in [0.25, 0.3) is 0 Å². The second-order valence-corrected chi connectivity index (χ2v) is 3.69. The summed E-state index contributed by atoms with van der Waals surface area (Å²) >= 11 is 0. The number of anilines is 1. The number of nitrogens with zero attached hydrogens (tertiary/aromatic N) is 1. The number of amides is 1. The molecule has 0 N–H and O–H groups in total. The smallest absolute Gasteiger partial charge is 0.304 e. The Hall–Kier alpha value is -1.52. The van der Waals surface area contributed by atoms with Gasteiger partial charge >= 0.3 is 12.1 Å². The lowest BCUT2D eigenvalue weighted by Crippen LogP contribution is -2.43. The number of carbonyl (C=O) groups excluding carboxylic acids is 1. The van der Waals surface area contributed by atoms with E-state index in [-0.39, 0.29) is 6.54 Å². The Morgan fingerprint density at radius 2 is 1.83 bits per heavy atom. The molecule has 1 amide bonds. The van der Waals surface area contributed by atoms with Crippen LogP contribution in [-0.2, 0) is 11.2 Å². The molecule has 1 aliphatic rings. The first-order valence-electron chi connectivity index (χ1n) is 5.97. The molecule has 1 aliphatic heterocycles. The number of para-hydroxylation sites is 1. The van der Waals surface area contributed by atoms with Crippen LogP contribution in [0.25, 0.3) is 0 Å². The summed E-state index contributed by atoms with van der Waals surface area (Å²) in [7, 11) is 0. The maximum Gasteiger partial charge on any atom is 0.471 e. The van der Waals surface area contributed by atoms with Gasteiger partial charge in [-0.15, -0.1) is 0 Å². The Morgan fingerprint density at radius 1 is 1.22 bits per heavy atom. The van der Waals surface area contributed by atoms with E-state index < -0.39 is 12.1 Å². The van der Waals surface area contributed by atoms with Gasteiger partial charge in [0.1, 0.15) is 0 Å². The Morgan fingerprint density at radius 3 is 2.44 bits per heavy atom. The largest absolute Gasteiger partial charge is 0.471 e. The van der Waals surface area contributed by atoms with Crippen molar-refractivity contribution >= 4 is 11.6 Å². The third kappa shape index (κ3) is 3.03.